The van der Waals surface area contributed by atoms with Gasteiger partial charge in [-0.15, -0.1) is 0 Å². The van der Waals surface area contributed by atoms with Crippen LogP contribution >= 0.6 is 0 Å². The van der Waals surface area contributed by atoms with E-state index < -0.39 is 0 Å². The summed E-state index contributed by atoms with van der Waals surface area (Å²) in [4.78, 5) is 0. The minimum Gasteiger partial charge on any atom is -0.497 e. The molecule has 1 aliphatic rings. The first-order valence-electron chi connectivity index (χ1n) is 7.28. The van der Waals surface area contributed by atoms with Crippen LogP contribution in [0.2, 0.25) is 0 Å². The number of hydrogen-bond donors (Lipinski definition) is 1. The van der Waals surface area contributed by atoms with Crippen LogP contribution in [0.4, 0.5) is 0 Å². The van der Waals surface area contributed by atoms with Crippen molar-refractivity contribution < 1.29 is 14.2 Å². The molecule has 0 spiro atoms. The molecule has 4 nitrogen and oxygen atoms in total. The summed E-state index contributed by atoms with van der Waals surface area (Å²) in [5.74, 6) is 1.66. The zero-order valence-electron chi connectivity index (χ0n) is 12.6. The third kappa shape index (κ3) is 3.87. The van der Waals surface area contributed by atoms with Gasteiger partial charge in [-0.2, -0.15) is 0 Å². The Labute approximate surface area is 121 Å². The molecule has 0 radical (unpaired) electrons. The Hall–Kier alpha value is -1.26. The maximum absolute atomic E-state index is 5.70. The summed E-state index contributed by atoms with van der Waals surface area (Å²) in [6, 6.07) is 6.33. The van der Waals surface area contributed by atoms with Crippen molar-refractivity contribution in [1.82, 2.24) is 5.32 Å². The lowest BCUT2D eigenvalue weighted by molar-refractivity contribution is 0.0998. The number of benzene rings is 1. The predicted octanol–water partition coefficient (Wildman–Crippen LogP) is 2.92. The molecule has 1 fully saturated rings. The van der Waals surface area contributed by atoms with Gasteiger partial charge in [0.25, 0.3) is 0 Å². The summed E-state index contributed by atoms with van der Waals surface area (Å²) >= 11 is 0. The molecule has 1 aliphatic heterocycles. The van der Waals surface area contributed by atoms with Gasteiger partial charge in [0.05, 0.1) is 20.3 Å². The Balaban J connectivity index is 2.05. The lowest BCUT2D eigenvalue weighted by atomic mass is 9.99. The van der Waals surface area contributed by atoms with Crippen molar-refractivity contribution in [2.24, 2.45) is 0 Å². The second-order valence-corrected chi connectivity index (χ2v) is 5.20. The molecule has 0 amide bonds. The van der Waals surface area contributed by atoms with Crippen LogP contribution in [-0.2, 0) is 4.74 Å². The molecule has 0 saturated carbocycles. The Kier molecular flexibility index (Phi) is 5.68. The van der Waals surface area contributed by atoms with E-state index in [0.29, 0.717) is 12.1 Å². The van der Waals surface area contributed by atoms with E-state index in [0.717, 1.165) is 30.9 Å². The molecule has 20 heavy (non-hydrogen) atoms. The maximum atomic E-state index is 5.70. The van der Waals surface area contributed by atoms with Crippen LogP contribution in [0.1, 0.15) is 37.3 Å². The quantitative estimate of drug-likeness (QED) is 0.833. The van der Waals surface area contributed by atoms with Gasteiger partial charge in [-0.25, -0.2) is 0 Å². The van der Waals surface area contributed by atoms with Crippen molar-refractivity contribution in [3.05, 3.63) is 23.8 Å². The zero-order chi connectivity index (χ0) is 14.4. The van der Waals surface area contributed by atoms with Crippen molar-refractivity contribution in [3.63, 3.8) is 0 Å². The van der Waals surface area contributed by atoms with Crippen molar-refractivity contribution >= 4 is 0 Å². The maximum Gasteiger partial charge on any atom is 0.122 e. The van der Waals surface area contributed by atoms with Gasteiger partial charge >= 0.3 is 0 Å². The summed E-state index contributed by atoms with van der Waals surface area (Å²) in [5.41, 5.74) is 1.20. The molecule has 1 saturated heterocycles. The van der Waals surface area contributed by atoms with Crippen molar-refractivity contribution in [1.29, 1.82) is 0 Å². The molecule has 112 valence electrons. The minimum atomic E-state index is 0.295. The van der Waals surface area contributed by atoms with Gasteiger partial charge in [0.15, 0.2) is 0 Å². The highest BCUT2D eigenvalue weighted by Crippen LogP contribution is 2.29. The molecule has 2 atom stereocenters. The zero-order valence-corrected chi connectivity index (χ0v) is 12.6. The average Bonchev–Trinajstić information content (AvgIpc) is 3.00. The van der Waals surface area contributed by atoms with Crippen LogP contribution in [0.15, 0.2) is 18.2 Å². The van der Waals surface area contributed by atoms with Crippen molar-refractivity contribution in [2.75, 3.05) is 27.9 Å². The molecule has 1 aromatic carbocycles. The van der Waals surface area contributed by atoms with E-state index in [4.69, 9.17) is 14.2 Å². The van der Waals surface area contributed by atoms with Gasteiger partial charge < -0.3 is 19.5 Å². The SMILES string of the molecule is CNC(CCC1CCCO1)c1cc(OC)cc(OC)c1. The normalized spacial score (nSPS) is 19.9. The fourth-order valence-corrected chi connectivity index (χ4v) is 2.73. The molecular formula is C16H25NO3. The number of ether oxygens (including phenoxy) is 3. The second-order valence-electron chi connectivity index (χ2n) is 5.20. The van der Waals surface area contributed by atoms with Gasteiger partial charge in [-0.1, -0.05) is 0 Å². The van der Waals surface area contributed by atoms with E-state index in [-0.39, 0.29) is 0 Å². The lowest BCUT2D eigenvalue weighted by Crippen LogP contribution is -2.19. The fourth-order valence-electron chi connectivity index (χ4n) is 2.73. The molecule has 2 unspecified atom stereocenters. The number of hydrogen-bond acceptors (Lipinski definition) is 4. The van der Waals surface area contributed by atoms with Gasteiger partial charge in [0.1, 0.15) is 11.5 Å². The Bertz CT molecular complexity index is 394. The molecule has 1 heterocycles. The summed E-state index contributed by atoms with van der Waals surface area (Å²) in [5, 5.41) is 3.38. The van der Waals surface area contributed by atoms with Crippen LogP contribution in [0, 0.1) is 0 Å². The summed E-state index contributed by atoms with van der Waals surface area (Å²) in [6.45, 7) is 0.919. The topological polar surface area (TPSA) is 39.7 Å². The van der Waals surface area contributed by atoms with Crippen molar-refractivity contribution in [2.45, 2.75) is 37.8 Å². The number of rotatable bonds is 7. The molecule has 0 aromatic heterocycles. The van der Waals surface area contributed by atoms with E-state index in [1.165, 1.54) is 18.4 Å². The third-order valence-electron chi connectivity index (χ3n) is 3.93. The van der Waals surface area contributed by atoms with Gasteiger partial charge in [0, 0.05) is 18.7 Å². The van der Waals surface area contributed by atoms with Crippen LogP contribution in [0.5, 0.6) is 11.5 Å². The van der Waals surface area contributed by atoms with Gasteiger partial charge in [-0.05, 0) is 50.4 Å². The van der Waals surface area contributed by atoms with E-state index in [1.54, 1.807) is 14.2 Å². The first-order chi connectivity index (χ1) is 9.76. The summed E-state index contributed by atoms with van der Waals surface area (Å²) in [6.07, 6.45) is 4.96. The highest BCUT2D eigenvalue weighted by molar-refractivity contribution is 5.39. The molecular weight excluding hydrogens is 254 g/mol. The van der Waals surface area contributed by atoms with Gasteiger partial charge in [-0.3, -0.25) is 0 Å². The average molecular weight is 279 g/mol. The van der Waals surface area contributed by atoms with E-state index >= 15 is 0 Å². The monoisotopic (exact) mass is 279 g/mol. The molecule has 1 N–H and O–H groups in total. The minimum absolute atomic E-state index is 0.295. The number of methoxy groups -OCH3 is 2. The number of nitrogens with one attached hydrogen (secondary N) is 1. The third-order valence-corrected chi connectivity index (χ3v) is 3.93. The van der Waals surface area contributed by atoms with Crippen molar-refractivity contribution in [3.8, 4) is 11.5 Å². The molecule has 0 aliphatic carbocycles. The van der Waals surface area contributed by atoms with Gasteiger partial charge in [0.2, 0.25) is 0 Å². The highest BCUT2D eigenvalue weighted by Gasteiger charge is 2.19. The standard InChI is InChI=1S/C16H25NO3/c1-17-16(7-6-13-5-4-8-20-13)12-9-14(18-2)11-15(10-12)19-3/h9-11,13,16-17H,4-8H2,1-3H3. The summed E-state index contributed by atoms with van der Waals surface area (Å²) in [7, 11) is 5.35. The highest BCUT2D eigenvalue weighted by atomic mass is 16.5. The molecule has 0 bridgehead atoms. The molecule has 2 rings (SSSR count). The first-order valence-corrected chi connectivity index (χ1v) is 7.28. The van der Waals surface area contributed by atoms with Crippen LogP contribution in [-0.4, -0.2) is 34.0 Å². The first kappa shape index (κ1) is 15.1. The second kappa shape index (κ2) is 7.50. The Morgan fingerprint density at radius 2 is 1.95 bits per heavy atom. The van der Waals surface area contributed by atoms with E-state index in [1.807, 2.05) is 13.1 Å². The van der Waals surface area contributed by atoms with Crippen LogP contribution in [0.3, 0.4) is 0 Å². The van der Waals surface area contributed by atoms with E-state index in [9.17, 15) is 0 Å². The Morgan fingerprint density at radius 1 is 1.25 bits per heavy atom. The summed E-state index contributed by atoms with van der Waals surface area (Å²) < 4.78 is 16.4. The van der Waals surface area contributed by atoms with Crippen LogP contribution in [0.25, 0.3) is 0 Å². The largest absolute Gasteiger partial charge is 0.497 e. The molecule has 1 aromatic rings. The van der Waals surface area contributed by atoms with E-state index in [2.05, 4.69) is 17.4 Å². The Morgan fingerprint density at radius 3 is 2.45 bits per heavy atom. The fraction of sp³-hybridized carbons (Fsp3) is 0.625. The van der Waals surface area contributed by atoms with Crippen LogP contribution < -0.4 is 14.8 Å². The molecule has 4 heteroatoms. The predicted molar refractivity (Wildman–Crippen MR) is 79.6 cm³/mol. The lowest BCUT2D eigenvalue weighted by Gasteiger charge is -2.20. The smallest absolute Gasteiger partial charge is 0.122 e.